The van der Waals surface area contributed by atoms with Crippen molar-refractivity contribution in [1.82, 2.24) is 4.90 Å². The van der Waals surface area contributed by atoms with Crippen LogP contribution in [0.2, 0.25) is 0 Å². The molecule has 0 radical (unpaired) electrons. The van der Waals surface area contributed by atoms with Crippen LogP contribution in [-0.4, -0.2) is 41.2 Å². The monoisotopic (exact) mass is 287 g/mol. The zero-order chi connectivity index (χ0) is 14.9. The second-order valence-corrected chi connectivity index (χ2v) is 5.90. The van der Waals surface area contributed by atoms with Crippen molar-refractivity contribution in [2.45, 2.75) is 31.8 Å². The third-order valence-electron chi connectivity index (χ3n) is 4.42. The van der Waals surface area contributed by atoms with E-state index in [1.165, 1.54) is 5.56 Å². The summed E-state index contributed by atoms with van der Waals surface area (Å²) in [4.78, 5) is 12.7. The van der Waals surface area contributed by atoms with E-state index in [2.05, 4.69) is 37.3 Å². The van der Waals surface area contributed by atoms with Gasteiger partial charge in [0.05, 0.1) is 6.54 Å². The summed E-state index contributed by atoms with van der Waals surface area (Å²) in [6.45, 7) is 3.79. The van der Waals surface area contributed by atoms with Gasteiger partial charge in [0.25, 0.3) is 0 Å². The molecular formula is C17H21NO3. The predicted octanol–water partition coefficient (Wildman–Crippen LogP) is 2.57. The Hall–Kier alpha value is -1.81. The van der Waals surface area contributed by atoms with E-state index in [0.29, 0.717) is 0 Å². The first-order valence-corrected chi connectivity index (χ1v) is 7.55. The van der Waals surface area contributed by atoms with Gasteiger partial charge in [-0.05, 0) is 30.2 Å². The van der Waals surface area contributed by atoms with Crippen molar-refractivity contribution < 1.29 is 14.6 Å². The number of aryl methyl sites for hydroxylation is 1. The molecule has 2 aliphatic heterocycles. The van der Waals surface area contributed by atoms with Gasteiger partial charge >= 0.3 is 5.97 Å². The maximum atomic E-state index is 10.8. The van der Waals surface area contributed by atoms with E-state index in [4.69, 9.17) is 9.84 Å². The molecule has 0 aliphatic carbocycles. The molecule has 3 rings (SSSR count). The number of ether oxygens (including phenoxy) is 1. The van der Waals surface area contributed by atoms with Gasteiger partial charge in [0.2, 0.25) is 0 Å². The molecule has 2 aliphatic rings. The van der Waals surface area contributed by atoms with Gasteiger partial charge in [0.15, 0.2) is 0 Å². The summed E-state index contributed by atoms with van der Waals surface area (Å²) in [6.07, 6.45) is 7.02. The lowest BCUT2D eigenvalue weighted by Gasteiger charge is -2.41. The number of hydrogen-bond acceptors (Lipinski definition) is 3. The minimum absolute atomic E-state index is 0.121. The molecule has 1 fully saturated rings. The van der Waals surface area contributed by atoms with Gasteiger partial charge in [0, 0.05) is 31.5 Å². The first-order chi connectivity index (χ1) is 10.1. The molecule has 2 heterocycles. The molecule has 1 saturated heterocycles. The SMILES string of the molecule is CCc1ccc2c(c1)C=CC1(CCN(CC(=O)O)CC1)O2. The Morgan fingerprint density at radius 3 is 2.81 bits per heavy atom. The molecule has 0 bridgehead atoms. The fourth-order valence-corrected chi connectivity index (χ4v) is 3.09. The molecule has 4 nitrogen and oxygen atoms in total. The number of carboxylic acid groups (broad SMARTS) is 1. The highest BCUT2D eigenvalue weighted by atomic mass is 16.5. The molecule has 4 heteroatoms. The number of nitrogens with zero attached hydrogens (tertiary/aromatic N) is 1. The topological polar surface area (TPSA) is 49.8 Å². The molecule has 0 saturated carbocycles. The zero-order valence-corrected chi connectivity index (χ0v) is 12.3. The molecule has 0 unspecified atom stereocenters. The van der Waals surface area contributed by atoms with Gasteiger partial charge in [-0.15, -0.1) is 0 Å². The first kappa shape index (κ1) is 14.1. The van der Waals surface area contributed by atoms with Gasteiger partial charge in [-0.2, -0.15) is 0 Å². The number of carboxylic acids is 1. The third-order valence-corrected chi connectivity index (χ3v) is 4.42. The Balaban J connectivity index is 1.71. The number of piperidine rings is 1. The van der Waals surface area contributed by atoms with Crippen molar-refractivity contribution in [3.8, 4) is 5.75 Å². The van der Waals surface area contributed by atoms with Gasteiger partial charge in [-0.3, -0.25) is 9.69 Å². The van der Waals surface area contributed by atoms with E-state index < -0.39 is 5.97 Å². The number of benzene rings is 1. The molecule has 1 aromatic carbocycles. The van der Waals surface area contributed by atoms with Crippen LogP contribution in [0.4, 0.5) is 0 Å². The summed E-state index contributed by atoms with van der Waals surface area (Å²) < 4.78 is 6.25. The number of likely N-dealkylation sites (tertiary alicyclic amines) is 1. The fraction of sp³-hybridized carbons (Fsp3) is 0.471. The first-order valence-electron chi connectivity index (χ1n) is 7.55. The average Bonchev–Trinajstić information content (AvgIpc) is 2.49. The van der Waals surface area contributed by atoms with E-state index in [1.54, 1.807) is 0 Å². The van der Waals surface area contributed by atoms with Gasteiger partial charge in [0.1, 0.15) is 11.4 Å². The summed E-state index contributed by atoms with van der Waals surface area (Å²) in [5, 5.41) is 8.86. The molecule has 0 amide bonds. The number of aliphatic carboxylic acids is 1. The van der Waals surface area contributed by atoms with Crippen LogP contribution in [-0.2, 0) is 11.2 Å². The van der Waals surface area contributed by atoms with E-state index >= 15 is 0 Å². The van der Waals surface area contributed by atoms with Crippen LogP contribution in [0.5, 0.6) is 5.75 Å². The highest BCUT2D eigenvalue weighted by Gasteiger charge is 2.36. The highest BCUT2D eigenvalue weighted by molar-refractivity contribution is 5.69. The van der Waals surface area contributed by atoms with Crippen molar-refractivity contribution in [1.29, 1.82) is 0 Å². The Morgan fingerprint density at radius 2 is 2.14 bits per heavy atom. The normalized spacial score (nSPS) is 20.0. The van der Waals surface area contributed by atoms with Gasteiger partial charge in [-0.1, -0.05) is 19.1 Å². The lowest BCUT2D eigenvalue weighted by Crippen LogP contribution is -2.48. The Labute approximate surface area is 125 Å². The van der Waals surface area contributed by atoms with Crippen molar-refractivity contribution in [2.75, 3.05) is 19.6 Å². The minimum Gasteiger partial charge on any atom is -0.482 e. The standard InChI is InChI=1S/C17H21NO3/c1-2-13-3-4-15-14(11-13)5-6-17(21-15)7-9-18(10-8-17)12-16(19)20/h3-6,11H,2,7-10,12H2,1H3,(H,19,20). The molecule has 21 heavy (non-hydrogen) atoms. The maximum absolute atomic E-state index is 10.8. The zero-order valence-electron chi connectivity index (χ0n) is 12.3. The van der Waals surface area contributed by atoms with E-state index in [0.717, 1.165) is 43.7 Å². The molecule has 1 N–H and O–H groups in total. The quantitative estimate of drug-likeness (QED) is 0.928. The van der Waals surface area contributed by atoms with Crippen molar-refractivity contribution in [3.63, 3.8) is 0 Å². The van der Waals surface area contributed by atoms with Crippen LogP contribution in [0.25, 0.3) is 6.08 Å². The lowest BCUT2D eigenvalue weighted by atomic mass is 9.88. The van der Waals surface area contributed by atoms with E-state index in [-0.39, 0.29) is 12.1 Å². The summed E-state index contributed by atoms with van der Waals surface area (Å²) >= 11 is 0. The number of fused-ring (bicyclic) bond motifs is 1. The third kappa shape index (κ3) is 2.95. The maximum Gasteiger partial charge on any atom is 0.317 e. The van der Waals surface area contributed by atoms with Gasteiger partial charge in [-0.25, -0.2) is 0 Å². The van der Waals surface area contributed by atoms with Gasteiger partial charge < -0.3 is 9.84 Å². The van der Waals surface area contributed by atoms with Crippen molar-refractivity contribution >= 4 is 12.0 Å². The molecule has 112 valence electrons. The molecular weight excluding hydrogens is 266 g/mol. The lowest BCUT2D eigenvalue weighted by molar-refractivity contribution is -0.139. The van der Waals surface area contributed by atoms with E-state index in [9.17, 15) is 4.79 Å². The van der Waals surface area contributed by atoms with Crippen LogP contribution in [0.15, 0.2) is 24.3 Å². The summed E-state index contributed by atoms with van der Waals surface area (Å²) in [7, 11) is 0. The minimum atomic E-state index is -0.761. The Bertz CT molecular complexity index is 571. The van der Waals surface area contributed by atoms with Crippen molar-refractivity contribution in [3.05, 3.63) is 35.4 Å². The van der Waals surface area contributed by atoms with Crippen LogP contribution in [0, 0.1) is 0 Å². The second-order valence-electron chi connectivity index (χ2n) is 5.90. The summed E-state index contributed by atoms with van der Waals surface area (Å²) in [5.74, 6) is 0.185. The second kappa shape index (κ2) is 5.53. The van der Waals surface area contributed by atoms with Crippen molar-refractivity contribution in [2.24, 2.45) is 0 Å². The van der Waals surface area contributed by atoms with E-state index in [1.807, 2.05) is 4.90 Å². The molecule has 1 spiro atoms. The Kier molecular flexibility index (Phi) is 3.72. The molecule has 0 atom stereocenters. The smallest absolute Gasteiger partial charge is 0.317 e. The fourth-order valence-electron chi connectivity index (χ4n) is 3.09. The predicted molar refractivity (Wildman–Crippen MR) is 81.5 cm³/mol. The molecule has 1 aromatic rings. The van der Waals surface area contributed by atoms with Crippen LogP contribution >= 0.6 is 0 Å². The summed E-state index contributed by atoms with van der Waals surface area (Å²) in [6, 6.07) is 6.35. The largest absolute Gasteiger partial charge is 0.482 e. The number of carbonyl (C=O) groups is 1. The Morgan fingerprint density at radius 1 is 1.38 bits per heavy atom. The van der Waals surface area contributed by atoms with Crippen LogP contribution in [0.3, 0.4) is 0 Å². The number of hydrogen-bond donors (Lipinski definition) is 1. The number of rotatable bonds is 3. The average molecular weight is 287 g/mol. The molecule has 0 aromatic heterocycles. The van der Waals surface area contributed by atoms with Crippen LogP contribution < -0.4 is 4.74 Å². The summed E-state index contributed by atoms with van der Waals surface area (Å²) in [5.41, 5.74) is 2.21. The van der Waals surface area contributed by atoms with Crippen LogP contribution in [0.1, 0.15) is 30.9 Å². The highest BCUT2D eigenvalue weighted by Crippen LogP contribution is 2.37.